The van der Waals surface area contributed by atoms with Gasteiger partial charge in [-0.25, -0.2) is 0 Å². The first-order valence-corrected chi connectivity index (χ1v) is 7.73. The minimum absolute atomic E-state index is 0.438. The van der Waals surface area contributed by atoms with Crippen LogP contribution in [0, 0.1) is 0 Å². The summed E-state index contributed by atoms with van der Waals surface area (Å²) in [6.45, 7) is 5.58. The molecule has 2 rings (SSSR count). The molecule has 1 aromatic heterocycles. The van der Waals surface area contributed by atoms with Gasteiger partial charge < -0.3 is 14.8 Å². The van der Waals surface area contributed by atoms with Crippen LogP contribution in [0.1, 0.15) is 11.1 Å². The number of hydrogen-bond acceptors (Lipinski definition) is 4. The van der Waals surface area contributed by atoms with E-state index in [1.54, 1.807) is 19.4 Å². The van der Waals surface area contributed by atoms with Crippen LogP contribution in [0.5, 0.6) is 11.5 Å². The first-order chi connectivity index (χ1) is 10.7. The third-order valence-corrected chi connectivity index (χ3v) is 3.60. The number of rotatable bonds is 8. The van der Waals surface area contributed by atoms with Crippen molar-refractivity contribution in [1.29, 1.82) is 0 Å². The van der Waals surface area contributed by atoms with Gasteiger partial charge in [-0.2, -0.15) is 0 Å². The summed E-state index contributed by atoms with van der Waals surface area (Å²) in [6, 6.07) is 7.97. The second kappa shape index (κ2) is 8.56. The Hall–Kier alpha value is -1.85. The molecule has 0 fully saturated rings. The van der Waals surface area contributed by atoms with Crippen LogP contribution in [-0.4, -0.2) is 18.7 Å². The molecule has 5 heteroatoms. The summed E-state index contributed by atoms with van der Waals surface area (Å²) < 4.78 is 11.9. The highest BCUT2D eigenvalue weighted by molar-refractivity contribution is 9.10. The average molecular weight is 363 g/mol. The van der Waals surface area contributed by atoms with Crippen molar-refractivity contribution in [2.45, 2.75) is 13.1 Å². The van der Waals surface area contributed by atoms with E-state index in [1.807, 2.05) is 30.5 Å². The summed E-state index contributed by atoms with van der Waals surface area (Å²) in [5.41, 5.74) is 2.26. The molecule has 2 aromatic rings. The molecule has 1 N–H and O–H groups in total. The molecule has 116 valence electrons. The third-order valence-electron chi connectivity index (χ3n) is 3.02. The summed E-state index contributed by atoms with van der Waals surface area (Å²) in [5.74, 6) is 1.40. The van der Waals surface area contributed by atoms with Gasteiger partial charge in [-0.15, -0.1) is 0 Å². The second-order valence-corrected chi connectivity index (χ2v) is 5.53. The number of halogens is 1. The molecule has 0 amide bonds. The van der Waals surface area contributed by atoms with Crippen molar-refractivity contribution in [2.24, 2.45) is 0 Å². The van der Waals surface area contributed by atoms with Crippen molar-refractivity contribution in [3.63, 3.8) is 0 Å². The van der Waals surface area contributed by atoms with Crippen molar-refractivity contribution in [3.05, 3.63) is 64.9 Å². The molecule has 0 bridgehead atoms. The van der Waals surface area contributed by atoms with Gasteiger partial charge in [0.15, 0.2) is 11.5 Å². The topological polar surface area (TPSA) is 43.4 Å². The smallest absolute Gasteiger partial charge is 0.175 e. The van der Waals surface area contributed by atoms with E-state index in [2.05, 4.69) is 32.8 Å². The van der Waals surface area contributed by atoms with Crippen LogP contribution in [0.15, 0.2) is 53.8 Å². The number of pyridine rings is 1. The van der Waals surface area contributed by atoms with E-state index in [4.69, 9.17) is 9.47 Å². The van der Waals surface area contributed by atoms with Crippen LogP contribution in [0.4, 0.5) is 0 Å². The van der Waals surface area contributed by atoms with Gasteiger partial charge in [0.1, 0.15) is 6.61 Å². The third kappa shape index (κ3) is 4.58. The number of nitrogens with zero attached hydrogens (tertiary/aromatic N) is 1. The Labute approximate surface area is 139 Å². The number of benzene rings is 1. The zero-order chi connectivity index (χ0) is 15.8. The fraction of sp³-hybridized carbons (Fsp3) is 0.235. The number of aromatic nitrogens is 1. The normalized spacial score (nSPS) is 10.3. The van der Waals surface area contributed by atoms with E-state index in [9.17, 15) is 0 Å². The average Bonchev–Trinajstić information content (AvgIpc) is 2.54. The van der Waals surface area contributed by atoms with E-state index in [0.29, 0.717) is 18.1 Å². The number of hydrogen-bond donors (Lipinski definition) is 1. The predicted molar refractivity (Wildman–Crippen MR) is 91.2 cm³/mol. The monoisotopic (exact) mass is 362 g/mol. The molecule has 22 heavy (non-hydrogen) atoms. The molecular formula is C17H19BrN2O2. The molecule has 1 heterocycles. The molecule has 0 aliphatic carbocycles. The molecule has 0 unspecified atom stereocenters. The van der Waals surface area contributed by atoms with Gasteiger partial charge >= 0.3 is 0 Å². The van der Waals surface area contributed by atoms with Crippen molar-refractivity contribution in [3.8, 4) is 11.5 Å². The van der Waals surface area contributed by atoms with Crippen molar-refractivity contribution in [1.82, 2.24) is 10.3 Å². The van der Waals surface area contributed by atoms with Crippen LogP contribution >= 0.6 is 15.9 Å². The lowest BCUT2D eigenvalue weighted by Gasteiger charge is -2.14. The predicted octanol–water partition coefficient (Wildman–Crippen LogP) is 3.71. The highest BCUT2D eigenvalue weighted by Crippen LogP contribution is 2.36. The van der Waals surface area contributed by atoms with Gasteiger partial charge in [0.2, 0.25) is 0 Å². The van der Waals surface area contributed by atoms with Gasteiger partial charge in [0, 0.05) is 25.5 Å². The lowest BCUT2D eigenvalue weighted by Crippen LogP contribution is -2.13. The zero-order valence-electron chi connectivity index (χ0n) is 12.5. The number of nitrogens with one attached hydrogen (secondary N) is 1. The minimum atomic E-state index is 0.438. The lowest BCUT2D eigenvalue weighted by atomic mass is 10.2. The molecule has 0 spiro atoms. The number of methoxy groups -OCH3 is 1. The van der Waals surface area contributed by atoms with Crippen molar-refractivity contribution >= 4 is 15.9 Å². The maximum Gasteiger partial charge on any atom is 0.175 e. The number of ether oxygens (including phenoxy) is 2. The molecule has 0 atom stereocenters. The maximum atomic E-state index is 5.62. The highest BCUT2D eigenvalue weighted by atomic mass is 79.9. The molecule has 1 aromatic carbocycles. The summed E-state index contributed by atoms with van der Waals surface area (Å²) in [4.78, 5) is 4.10. The van der Waals surface area contributed by atoms with Crippen LogP contribution in [0.2, 0.25) is 0 Å². The lowest BCUT2D eigenvalue weighted by molar-refractivity contribution is 0.324. The Morgan fingerprint density at radius 1 is 1.32 bits per heavy atom. The Kier molecular flexibility index (Phi) is 6.43. The summed E-state index contributed by atoms with van der Waals surface area (Å²) in [7, 11) is 1.63. The van der Waals surface area contributed by atoms with Crippen LogP contribution in [0.25, 0.3) is 0 Å². The van der Waals surface area contributed by atoms with E-state index in [1.165, 1.54) is 0 Å². The summed E-state index contributed by atoms with van der Waals surface area (Å²) >= 11 is 3.53. The quantitative estimate of drug-likeness (QED) is 0.727. The van der Waals surface area contributed by atoms with Gasteiger partial charge in [-0.1, -0.05) is 18.7 Å². The van der Waals surface area contributed by atoms with Gasteiger partial charge in [-0.3, -0.25) is 4.98 Å². The first-order valence-electron chi connectivity index (χ1n) is 6.94. The zero-order valence-corrected chi connectivity index (χ0v) is 14.1. The Bertz CT molecular complexity index is 618. The van der Waals surface area contributed by atoms with E-state index >= 15 is 0 Å². The fourth-order valence-corrected chi connectivity index (χ4v) is 2.62. The molecule has 0 saturated carbocycles. The SMILES string of the molecule is C=CCOc1c(Br)cc(CNCc2cccnc2)cc1OC. The highest BCUT2D eigenvalue weighted by Gasteiger charge is 2.11. The van der Waals surface area contributed by atoms with E-state index < -0.39 is 0 Å². The molecule has 0 aliphatic heterocycles. The van der Waals surface area contributed by atoms with Crippen molar-refractivity contribution < 1.29 is 9.47 Å². The fourth-order valence-electron chi connectivity index (χ4n) is 2.01. The molecular weight excluding hydrogens is 344 g/mol. The van der Waals surface area contributed by atoms with Crippen LogP contribution in [0.3, 0.4) is 0 Å². The van der Waals surface area contributed by atoms with Crippen molar-refractivity contribution in [2.75, 3.05) is 13.7 Å². The van der Waals surface area contributed by atoms with E-state index in [0.717, 1.165) is 28.7 Å². The summed E-state index contributed by atoms with van der Waals surface area (Å²) in [6.07, 6.45) is 5.33. The largest absolute Gasteiger partial charge is 0.493 e. The second-order valence-electron chi connectivity index (χ2n) is 4.67. The van der Waals surface area contributed by atoms with Crippen LogP contribution in [-0.2, 0) is 13.1 Å². The summed E-state index contributed by atoms with van der Waals surface area (Å²) in [5, 5.41) is 3.39. The minimum Gasteiger partial charge on any atom is -0.493 e. The Balaban J connectivity index is 2.02. The van der Waals surface area contributed by atoms with Gasteiger partial charge in [0.25, 0.3) is 0 Å². The molecule has 0 radical (unpaired) electrons. The van der Waals surface area contributed by atoms with E-state index in [-0.39, 0.29) is 0 Å². The van der Waals surface area contributed by atoms with Crippen LogP contribution < -0.4 is 14.8 Å². The van der Waals surface area contributed by atoms with Gasteiger partial charge in [-0.05, 0) is 45.3 Å². The standard InChI is InChI=1S/C17H19BrN2O2/c1-3-7-22-17-15(18)8-14(9-16(17)21-2)12-20-11-13-5-4-6-19-10-13/h3-6,8-10,20H,1,7,11-12H2,2H3. The Morgan fingerprint density at radius 2 is 2.14 bits per heavy atom. The first kappa shape index (κ1) is 16.5. The molecule has 0 saturated heterocycles. The Morgan fingerprint density at radius 3 is 2.82 bits per heavy atom. The maximum absolute atomic E-state index is 5.62. The molecule has 0 aliphatic rings. The van der Waals surface area contributed by atoms with Gasteiger partial charge in [0.05, 0.1) is 11.6 Å². The molecule has 4 nitrogen and oxygen atoms in total.